The highest BCUT2D eigenvalue weighted by Crippen LogP contribution is 2.40. The lowest BCUT2D eigenvalue weighted by Gasteiger charge is -2.15. The van der Waals surface area contributed by atoms with Crippen LogP contribution < -0.4 is 0 Å². The van der Waals surface area contributed by atoms with E-state index >= 15 is 0 Å². The summed E-state index contributed by atoms with van der Waals surface area (Å²) in [7, 11) is 0. The summed E-state index contributed by atoms with van der Waals surface area (Å²) < 4.78 is 0. The first-order valence-corrected chi connectivity index (χ1v) is 14.6. The predicted octanol–water partition coefficient (Wildman–Crippen LogP) is 11.9. The molecule has 0 unspecified atom stereocenters. The molecule has 0 radical (unpaired) electrons. The Balaban J connectivity index is 1.29. The first-order valence-electron chi connectivity index (χ1n) is 14.6. The molecule has 0 spiro atoms. The monoisotopic (exact) mass is 530 g/mol. The largest absolute Gasteiger partial charge is 0.0616 e. The van der Waals surface area contributed by atoms with Gasteiger partial charge in [0, 0.05) is 0 Å². The summed E-state index contributed by atoms with van der Waals surface area (Å²) in [5, 5.41) is 15.3. The minimum absolute atomic E-state index is 1.26. The molecule has 0 nitrogen and oxygen atoms in total. The van der Waals surface area contributed by atoms with Gasteiger partial charge in [0.1, 0.15) is 0 Å². The molecule has 42 heavy (non-hydrogen) atoms. The summed E-state index contributed by atoms with van der Waals surface area (Å²) in [4.78, 5) is 0. The van der Waals surface area contributed by atoms with Crippen LogP contribution in [-0.4, -0.2) is 0 Å². The van der Waals surface area contributed by atoms with E-state index in [4.69, 9.17) is 0 Å². The van der Waals surface area contributed by atoms with Crippen LogP contribution in [0.15, 0.2) is 158 Å². The fourth-order valence-electron chi connectivity index (χ4n) is 6.92. The summed E-state index contributed by atoms with van der Waals surface area (Å²) in [5.74, 6) is 0. The molecule has 0 N–H and O–H groups in total. The molecule has 0 atom stereocenters. The third-order valence-electron chi connectivity index (χ3n) is 8.95. The van der Waals surface area contributed by atoms with Crippen LogP contribution in [0.3, 0.4) is 0 Å². The van der Waals surface area contributed by atoms with E-state index in [-0.39, 0.29) is 0 Å². The summed E-state index contributed by atoms with van der Waals surface area (Å²) in [6.45, 7) is 0. The summed E-state index contributed by atoms with van der Waals surface area (Å²) in [6.07, 6.45) is 0. The van der Waals surface area contributed by atoms with Gasteiger partial charge in [-0.25, -0.2) is 0 Å². The van der Waals surface area contributed by atoms with E-state index in [0.29, 0.717) is 0 Å². The van der Waals surface area contributed by atoms with Gasteiger partial charge in [-0.1, -0.05) is 121 Å². The van der Waals surface area contributed by atoms with Gasteiger partial charge in [0.2, 0.25) is 0 Å². The van der Waals surface area contributed by atoms with E-state index in [1.165, 1.54) is 86.9 Å². The molecule has 9 rings (SSSR count). The van der Waals surface area contributed by atoms with Gasteiger partial charge in [-0.05, 0) is 123 Å². The molecule has 0 aliphatic rings. The highest BCUT2D eigenvalue weighted by Gasteiger charge is 2.13. The second-order valence-corrected chi connectivity index (χ2v) is 11.4. The van der Waals surface area contributed by atoms with Gasteiger partial charge in [-0.3, -0.25) is 0 Å². The quantitative estimate of drug-likeness (QED) is 0.195. The van der Waals surface area contributed by atoms with Crippen molar-refractivity contribution in [2.45, 2.75) is 0 Å². The average Bonchev–Trinajstić information content (AvgIpc) is 3.04. The van der Waals surface area contributed by atoms with Gasteiger partial charge in [-0.2, -0.15) is 0 Å². The van der Waals surface area contributed by atoms with E-state index < -0.39 is 0 Å². The average molecular weight is 531 g/mol. The van der Waals surface area contributed by atoms with Crippen molar-refractivity contribution in [1.29, 1.82) is 0 Å². The lowest BCUT2D eigenvalue weighted by molar-refractivity contribution is 1.69. The van der Waals surface area contributed by atoms with Crippen molar-refractivity contribution in [3.8, 4) is 22.3 Å². The summed E-state index contributed by atoms with van der Waals surface area (Å²) in [6, 6.07) is 58.2. The zero-order valence-electron chi connectivity index (χ0n) is 23.0. The molecule has 194 valence electrons. The Morgan fingerprint density at radius 3 is 0.762 bits per heavy atom. The standard InChI is InChI=1S/C42H26/c1-3-11-29-23-39-31(21-27(29)9-1)13-5-17-35(39)37-19-7-15-33-26-42-34(25-41(33)37)16-8-20-38(42)36-18-6-14-32-22-28-10-2-4-12-30(28)24-40(32)36/h1-26H. The SMILES string of the molecule is c1ccc2cc3c(-c4cccc5cc6c(-c7cccc8cc9ccccc9cc78)cccc6cc45)cccc3cc2c1. The first kappa shape index (κ1) is 23.3. The Labute approximate surface area is 244 Å². The maximum Gasteiger partial charge on any atom is -0.00988 e. The second kappa shape index (κ2) is 9.03. The van der Waals surface area contributed by atoms with Crippen LogP contribution in [0.1, 0.15) is 0 Å². The van der Waals surface area contributed by atoms with Crippen LogP contribution >= 0.6 is 0 Å². The topological polar surface area (TPSA) is 0 Å². The normalized spacial score (nSPS) is 11.8. The number of fused-ring (bicyclic) bond motifs is 6. The summed E-state index contributed by atoms with van der Waals surface area (Å²) in [5.41, 5.74) is 5.11. The fraction of sp³-hybridized carbons (Fsp3) is 0. The molecule has 0 aliphatic heterocycles. The van der Waals surface area contributed by atoms with E-state index in [9.17, 15) is 0 Å². The van der Waals surface area contributed by atoms with Crippen LogP contribution in [-0.2, 0) is 0 Å². The van der Waals surface area contributed by atoms with E-state index in [0.717, 1.165) is 0 Å². The molecule has 0 heterocycles. The van der Waals surface area contributed by atoms with Gasteiger partial charge < -0.3 is 0 Å². The Kier molecular flexibility index (Phi) is 5.00. The van der Waals surface area contributed by atoms with Gasteiger partial charge in [-0.15, -0.1) is 0 Å². The van der Waals surface area contributed by atoms with E-state index in [1.54, 1.807) is 0 Å². The number of benzene rings is 9. The van der Waals surface area contributed by atoms with Gasteiger partial charge >= 0.3 is 0 Å². The number of hydrogen-bond acceptors (Lipinski definition) is 0. The fourth-order valence-corrected chi connectivity index (χ4v) is 6.92. The maximum absolute atomic E-state index is 2.39. The lowest BCUT2D eigenvalue weighted by Crippen LogP contribution is -1.88. The van der Waals surface area contributed by atoms with Crippen molar-refractivity contribution < 1.29 is 0 Å². The highest BCUT2D eigenvalue weighted by molar-refractivity contribution is 6.15. The highest BCUT2D eigenvalue weighted by atomic mass is 14.2. The molecule has 0 aliphatic carbocycles. The first-order chi connectivity index (χ1) is 20.8. The summed E-state index contributed by atoms with van der Waals surface area (Å²) >= 11 is 0. The van der Waals surface area contributed by atoms with Crippen molar-refractivity contribution in [2.24, 2.45) is 0 Å². The van der Waals surface area contributed by atoms with Crippen molar-refractivity contribution in [3.05, 3.63) is 158 Å². The molecule has 9 aromatic rings. The molecule has 0 heteroatoms. The Bertz CT molecular complexity index is 2340. The minimum atomic E-state index is 1.26. The van der Waals surface area contributed by atoms with Crippen LogP contribution in [0.2, 0.25) is 0 Å². The molecule has 0 saturated heterocycles. The molecular weight excluding hydrogens is 504 g/mol. The molecule has 9 aromatic carbocycles. The Hall–Kier alpha value is -5.46. The molecule has 0 aromatic heterocycles. The third kappa shape index (κ3) is 3.56. The van der Waals surface area contributed by atoms with Gasteiger partial charge in [0.15, 0.2) is 0 Å². The van der Waals surface area contributed by atoms with Gasteiger partial charge in [0.25, 0.3) is 0 Å². The molecular formula is C42H26. The van der Waals surface area contributed by atoms with Crippen molar-refractivity contribution in [1.82, 2.24) is 0 Å². The Morgan fingerprint density at radius 2 is 0.429 bits per heavy atom. The smallest absolute Gasteiger partial charge is 0.00988 e. The van der Waals surface area contributed by atoms with Crippen LogP contribution in [0.25, 0.3) is 86.9 Å². The third-order valence-corrected chi connectivity index (χ3v) is 8.95. The van der Waals surface area contributed by atoms with Crippen LogP contribution in [0.4, 0.5) is 0 Å². The van der Waals surface area contributed by atoms with E-state index in [1.807, 2.05) is 0 Å². The zero-order chi connectivity index (χ0) is 27.6. The zero-order valence-corrected chi connectivity index (χ0v) is 23.0. The second-order valence-electron chi connectivity index (χ2n) is 11.4. The molecule has 0 saturated carbocycles. The van der Waals surface area contributed by atoms with Crippen molar-refractivity contribution in [3.63, 3.8) is 0 Å². The van der Waals surface area contributed by atoms with E-state index in [2.05, 4.69) is 158 Å². The maximum atomic E-state index is 2.39. The minimum Gasteiger partial charge on any atom is -0.0616 e. The van der Waals surface area contributed by atoms with Crippen molar-refractivity contribution >= 4 is 64.6 Å². The van der Waals surface area contributed by atoms with Crippen LogP contribution in [0, 0.1) is 0 Å². The predicted molar refractivity (Wildman–Crippen MR) is 182 cm³/mol. The molecule has 0 bridgehead atoms. The number of rotatable bonds is 2. The molecule has 0 fully saturated rings. The van der Waals surface area contributed by atoms with Crippen molar-refractivity contribution in [2.75, 3.05) is 0 Å². The Morgan fingerprint density at radius 1 is 0.190 bits per heavy atom. The number of hydrogen-bond donors (Lipinski definition) is 0. The van der Waals surface area contributed by atoms with Gasteiger partial charge in [0.05, 0.1) is 0 Å². The molecule has 0 amide bonds. The lowest BCUT2D eigenvalue weighted by atomic mass is 9.89. The van der Waals surface area contributed by atoms with Crippen LogP contribution in [0.5, 0.6) is 0 Å².